The summed E-state index contributed by atoms with van der Waals surface area (Å²) in [6, 6.07) is 3.65. The minimum Gasteiger partial charge on any atom is -0.507 e. The molecule has 19 heavy (non-hydrogen) atoms. The Morgan fingerprint density at radius 1 is 0.789 bits per heavy atom. The number of phenolic OH excluding ortho intramolecular Hbond substituents is 1. The highest BCUT2D eigenvalue weighted by Crippen LogP contribution is 2.31. The average molecular weight is 272 g/mol. The molecule has 6 heteroatoms. The van der Waals surface area contributed by atoms with E-state index < -0.39 is 35.1 Å². The lowest BCUT2D eigenvalue weighted by Gasteiger charge is -2.13. The minimum absolute atomic E-state index is 0.0970. The summed E-state index contributed by atoms with van der Waals surface area (Å²) in [5.74, 6) is -5.53. The Labute approximate surface area is 105 Å². The van der Waals surface area contributed by atoms with Gasteiger partial charge in [0.1, 0.15) is 11.9 Å². The summed E-state index contributed by atoms with van der Waals surface area (Å²) < 4.78 is 51.6. The molecule has 1 atom stereocenters. The third-order valence-corrected chi connectivity index (χ3v) is 2.62. The Balaban J connectivity index is 2.46. The van der Waals surface area contributed by atoms with Gasteiger partial charge in [-0.05, 0) is 23.8 Å². The van der Waals surface area contributed by atoms with Gasteiger partial charge in [-0.15, -0.1) is 0 Å². The van der Waals surface area contributed by atoms with Crippen molar-refractivity contribution in [2.75, 3.05) is 0 Å². The van der Waals surface area contributed by atoms with E-state index in [0.29, 0.717) is 18.2 Å². The molecule has 0 fully saturated rings. The van der Waals surface area contributed by atoms with Crippen LogP contribution in [0.25, 0.3) is 0 Å². The predicted octanol–water partition coefficient (Wildman–Crippen LogP) is 3.03. The largest absolute Gasteiger partial charge is 0.507 e. The molecule has 0 aliphatic carbocycles. The highest BCUT2D eigenvalue weighted by molar-refractivity contribution is 5.40. The molecule has 0 aromatic heterocycles. The van der Waals surface area contributed by atoms with Gasteiger partial charge in [0.2, 0.25) is 0 Å². The summed E-state index contributed by atoms with van der Waals surface area (Å²) in [7, 11) is 0. The molecule has 2 rings (SSSR count). The molecule has 2 nitrogen and oxygen atoms in total. The molecule has 0 bridgehead atoms. The molecule has 2 aromatic rings. The Morgan fingerprint density at radius 2 is 1.37 bits per heavy atom. The number of benzene rings is 2. The number of aliphatic hydroxyl groups is 1. The standard InChI is InChI=1S/C13H8F4O2/c14-8-2-1-6(3-9(8)15)13(19)7-4-10(16)11(17)5-12(7)18/h1-5,13,18-19H. The molecule has 0 aliphatic rings. The van der Waals surface area contributed by atoms with Crippen LogP contribution < -0.4 is 0 Å². The zero-order valence-electron chi connectivity index (χ0n) is 9.37. The lowest BCUT2D eigenvalue weighted by Crippen LogP contribution is -2.03. The number of aliphatic hydroxyl groups excluding tert-OH is 1. The first-order valence-corrected chi connectivity index (χ1v) is 5.21. The Bertz CT molecular complexity index is 628. The second kappa shape index (κ2) is 4.89. The quantitative estimate of drug-likeness (QED) is 0.825. The molecule has 0 amide bonds. The highest BCUT2D eigenvalue weighted by Gasteiger charge is 2.19. The van der Waals surface area contributed by atoms with Crippen LogP contribution in [0, 0.1) is 23.3 Å². The summed E-state index contributed by atoms with van der Waals surface area (Å²) in [6.07, 6.45) is -1.61. The van der Waals surface area contributed by atoms with Crippen LogP contribution in [0.1, 0.15) is 17.2 Å². The lowest BCUT2D eigenvalue weighted by atomic mass is 10.00. The van der Waals surface area contributed by atoms with Crippen molar-refractivity contribution in [1.29, 1.82) is 0 Å². The third kappa shape index (κ3) is 2.53. The first kappa shape index (κ1) is 13.4. The first-order valence-electron chi connectivity index (χ1n) is 5.21. The molecule has 100 valence electrons. The van der Waals surface area contributed by atoms with Crippen molar-refractivity contribution in [3.05, 3.63) is 64.7 Å². The van der Waals surface area contributed by atoms with E-state index in [1.54, 1.807) is 0 Å². The van der Waals surface area contributed by atoms with Crippen LogP contribution in [0.4, 0.5) is 17.6 Å². The fourth-order valence-corrected chi connectivity index (χ4v) is 1.63. The van der Waals surface area contributed by atoms with Crippen molar-refractivity contribution in [1.82, 2.24) is 0 Å². The van der Waals surface area contributed by atoms with Crippen LogP contribution in [0.15, 0.2) is 30.3 Å². The zero-order valence-corrected chi connectivity index (χ0v) is 9.37. The number of halogens is 4. The number of phenols is 1. The fourth-order valence-electron chi connectivity index (χ4n) is 1.63. The van der Waals surface area contributed by atoms with E-state index in [0.717, 1.165) is 12.1 Å². The van der Waals surface area contributed by atoms with Crippen molar-refractivity contribution in [2.24, 2.45) is 0 Å². The summed E-state index contributed by atoms with van der Waals surface area (Å²) in [6.45, 7) is 0. The van der Waals surface area contributed by atoms with Gasteiger partial charge in [0.25, 0.3) is 0 Å². The van der Waals surface area contributed by atoms with Crippen LogP contribution in [0.5, 0.6) is 5.75 Å². The van der Waals surface area contributed by atoms with Crippen LogP contribution in [-0.2, 0) is 0 Å². The van der Waals surface area contributed by atoms with E-state index in [-0.39, 0.29) is 11.1 Å². The third-order valence-electron chi connectivity index (χ3n) is 2.62. The van der Waals surface area contributed by atoms with E-state index in [4.69, 9.17) is 0 Å². The van der Waals surface area contributed by atoms with Crippen molar-refractivity contribution < 1.29 is 27.8 Å². The Hall–Kier alpha value is -2.08. The van der Waals surface area contributed by atoms with Crippen molar-refractivity contribution in [3.63, 3.8) is 0 Å². The summed E-state index contributed by atoms with van der Waals surface area (Å²) in [5, 5.41) is 19.3. The maximum Gasteiger partial charge on any atom is 0.162 e. The lowest BCUT2D eigenvalue weighted by molar-refractivity contribution is 0.213. The van der Waals surface area contributed by atoms with Crippen molar-refractivity contribution in [3.8, 4) is 5.75 Å². The van der Waals surface area contributed by atoms with Crippen molar-refractivity contribution in [2.45, 2.75) is 6.10 Å². The van der Waals surface area contributed by atoms with Crippen molar-refractivity contribution >= 4 is 0 Å². The SMILES string of the molecule is Oc1cc(F)c(F)cc1C(O)c1ccc(F)c(F)c1. The van der Waals surface area contributed by atoms with Gasteiger partial charge in [-0.2, -0.15) is 0 Å². The van der Waals surface area contributed by atoms with Crippen LogP contribution in [0.3, 0.4) is 0 Å². The molecule has 0 spiro atoms. The van der Waals surface area contributed by atoms with Crippen LogP contribution >= 0.6 is 0 Å². The molecule has 0 radical (unpaired) electrons. The maximum absolute atomic E-state index is 13.0. The van der Waals surface area contributed by atoms with Crippen LogP contribution in [0.2, 0.25) is 0 Å². The first-order chi connectivity index (χ1) is 8.90. The fraction of sp³-hybridized carbons (Fsp3) is 0.0769. The van der Waals surface area contributed by atoms with Gasteiger partial charge in [-0.3, -0.25) is 0 Å². The van der Waals surface area contributed by atoms with Gasteiger partial charge in [0.15, 0.2) is 23.3 Å². The Kier molecular flexibility index (Phi) is 3.44. The number of hydrogen-bond donors (Lipinski definition) is 2. The summed E-state index contributed by atoms with van der Waals surface area (Å²) in [4.78, 5) is 0. The van der Waals surface area contributed by atoms with Crippen LogP contribution in [-0.4, -0.2) is 10.2 Å². The molecule has 0 aliphatic heterocycles. The zero-order chi connectivity index (χ0) is 14.2. The minimum atomic E-state index is -1.61. The van der Waals surface area contributed by atoms with E-state index >= 15 is 0 Å². The second-order valence-electron chi connectivity index (χ2n) is 3.90. The average Bonchev–Trinajstić information content (AvgIpc) is 2.36. The Morgan fingerprint density at radius 3 is 2.00 bits per heavy atom. The molecule has 0 heterocycles. The summed E-state index contributed by atoms with van der Waals surface area (Å²) in [5.41, 5.74) is -0.440. The molecule has 2 N–H and O–H groups in total. The molecule has 2 aromatic carbocycles. The molecular weight excluding hydrogens is 264 g/mol. The maximum atomic E-state index is 13.0. The summed E-state index contributed by atoms with van der Waals surface area (Å²) >= 11 is 0. The molecule has 0 saturated heterocycles. The molecular formula is C13H8F4O2. The predicted molar refractivity (Wildman–Crippen MR) is 58.4 cm³/mol. The van der Waals surface area contributed by atoms with Gasteiger partial charge < -0.3 is 10.2 Å². The van der Waals surface area contributed by atoms with Gasteiger partial charge in [-0.1, -0.05) is 6.07 Å². The van der Waals surface area contributed by atoms with E-state index in [2.05, 4.69) is 0 Å². The smallest absolute Gasteiger partial charge is 0.162 e. The van der Waals surface area contributed by atoms with E-state index in [1.165, 1.54) is 0 Å². The number of aromatic hydroxyl groups is 1. The van der Waals surface area contributed by atoms with Gasteiger partial charge in [0, 0.05) is 11.6 Å². The molecule has 1 unspecified atom stereocenters. The molecule has 0 saturated carbocycles. The van der Waals surface area contributed by atoms with E-state index in [1.807, 2.05) is 0 Å². The van der Waals surface area contributed by atoms with Gasteiger partial charge in [-0.25, -0.2) is 17.6 Å². The van der Waals surface area contributed by atoms with Gasteiger partial charge >= 0.3 is 0 Å². The van der Waals surface area contributed by atoms with E-state index in [9.17, 15) is 27.8 Å². The van der Waals surface area contributed by atoms with Gasteiger partial charge in [0.05, 0.1) is 0 Å². The number of rotatable bonds is 2. The normalized spacial score (nSPS) is 12.5. The monoisotopic (exact) mass is 272 g/mol. The highest BCUT2D eigenvalue weighted by atomic mass is 19.2. The second-order valence-corrected chi connectivity index (χ2v) is 3.90. The number of hydrogen-bond acceptors (Lipinski definition) is 2. The topological polar surface area (TPSA) is 40.5 Å².